The monoisotopic (exact) mass is 320 g/mol. The molecule has 0 saturated carbocycles. The first-order chi connectivity index (χ1) is 10.2. The maximum absolute atomic E-state index is 6.31. The molecule has 0 amide bonds. The predicted octanol–water partition coefficient (Wildman–Crippen LogP) is 4.14. The Morgan fingerprint density at radius 3 is 2.71 bits per heavy atom. The van der Waals surface area contributed by atoms with E-state index in [1.54, 1.807) is 0 Å². The van der Waals surface area contributed by atoms with Crippen molar-refractivity contribution in [1.82, 2.24) is 10.2 Å². The summed E-state index contributed by atoms with van der Waals surface area (Å²) < 4.78 is 0. The van der Waals surface area contributed by atoms with Gasteiger partial charge in [-0.05, 0) is 29.3 Å². The van der Waals surface area contributed by atoms with Gasteiger partial charge in [-0.15, -0.1) is 0 Å². The number of piperazine rings is 1. The Balaban J connectivity index is 1.83. The summed E-state index contributed by atoms with van der Waals surface area (Å²) in [6.45, 7) is 3.78. The van der Waals surface area contributed by atoms with Gasteiger partial charge in [-0.2, -0.15) is 0 Å². The molecule has 2 aromatic carbocycles. The number of halogens is 2. The number of nitrogens with zero attached hydrogens (tertiary/aromatic N) is 1. The van der Waals surface area contributed by atoms with E-state index in [4.69, 9.17) is 23.2 Å². The lowest BCUT2D eigenvalue weighted by Crippen LogP contribution is -2.45. The van der Waals surface area contributed by atoms with Crippen molar-refractivity contribution >= 4 is 23.2 Å². The number of hydrogen-bond donors (Lipinski definition) is 1. The Hall–Kier alpha value is -1.06. The minimum atomic E-state index is 0.370. The Bertz CT molecular complexity index is 601. The zero-order valence-corrected chi connectivity index (χ0v) is 13.2. The largest absolute Gasteiger partial charge is 0.314 e. The molecule has 1 unspecified atom stereocenters. The van der Waals surface area contributed by atoms with Crippen LogP contribution in [-0.2, 0) is 6.54 Å². The van der Waals surface area contributed by atoms with E-state index in [0.717, 1.165) is 41.8 Å². The highest BCUT2D eigenvalue weighted by atomic mass is 35.5. The van der Waals surface area contributed by atoms with Crippen molar-refractivity contribution in [2.45, 2.75) is 12.6 Å². The summed E-state index contributed by atoms with van der Waals surface area (Å²) in [5.41, 5.74) is 2.43. The fraction of sp³-hybridized carbons (Fsp3) is 0.294. The van der Waals surface area contributed by atoms with Crippen LogP contribution in [0.15, 0.2) is 48.5 Å². The Labute approximate surface area is 135 Å². The van der Waals surface area contributed by atoms with Gasteiger partial charge in [0.1, 0.15) is 0 Å². The van der Waals surface area contributed by atoms with E-state index in [1.165, 1.54) is 5.56 Å². The number of nitrogens with one attached hydrogen (secondary N) is 1. The van der Waals surface area contributed by atoms with E-state index in [2.05, 4.69) is 40.5 Å². The molecule has 1 fully saturated rings. The smallest absolute Gasteiger partial charge is 0.0476 e. The molecule has 0 aromatic heterocycles. The van der Waals surface area contributed by atoms with Gasteiger partial charge in [0.05, 0.1) is 0 Å². The van der Waals surface area contributed by atoms with Gasteiger partial charge in [0.25, 0.3) is 0 Å². The number of hydrogen-bond acceptors (Lipinski definition) is 2. The van der Waals surface area contributed by atoms with E-state index >= 15 is 0 Å². The zero-order chi connectivity index (χ0) is 14.7. The third kappa shape index (κ3) is 3.58. The van der Waals surface area contributed by atoms with Crippen LogP contribution < -0.4 is 5.32 Å². The summed E-state index contributed by atoms with van der Waals surface area (Å²) in [5.74, 6) is 0. The number of benzene rings is 2. The molecule has 2 nitrogen and oxygen atoms in total. The van der Waals surface area contributed by atoms with E-state index in [-0.39, 0.29) is 0 Å². The van der Waals surface area contributed by atoms with Crippen LogP contribution in [0.3, 0.4) is 0 Å². The molecule has 1 saturated heterocycles. The quantitative estimate of drug-likeness (QED) is 0.914. The zero-order valence-electron chi connectivity index (χ0n) is 11.7. The van der Waals surface area contributed by atoms with Gasteiger partial charge in [0.2, 0.25) is 0 Å². The SMILES string of the molecule is Clc1ccc(Cl)c(CN2CCNCC2c2ccccc2)c1. The summed E-state index contributed by atoms with van der Waals surface area (Å²) in [4.78, 5) is 2.46. The molecule has 1 heterocycles. The fourth-order valence-electron chi connectivity index (χ4n) is 2.82. The van der Waals surface area contributed by atoms with Crippen LogP contribution in [-0.4, -0.2) is 24.5 Å². The highest BCUT2D eigenvalue weighted by Crippen LogP contribution is 2.27. The van der Waals surface area contributed by atoms with E-state index in [9.17, 15) is 0 Å². The average molecular weight is 321 g/mol. The second-order valence-corrected chi connectivity index (χ2v) is 6.18. The van der Waals surface area contributed by atoms with Gasteiger partial charge < -0.3 is 5.32 Å². The van der Waals surface area contributed by atoms with Crippen molar-refractivity contribution in [2.24, 2.45) is 0 Å². The Morgan fingerprint density at radius 2 is 1.90 bits per heavy atom. The van der Waals surface area contributed by atoms with Crippen molar-refractivity contribution in [3.8, 4) is 0 Å². The topological polar surface area (TPSA) is 15.3 Å². The maximum Gasteiger partial charge on any atom is 0.0476 e. The summed E-state index contributed by atoms with van der Waals surface area (Å²) in [6.07, 6.45) is 0. The minimum absolute atomic E-state index is 0.370. The van der Waals surface area contributed by atoms with Gasteiger partial charge in [0.15, 0.2) is 0 Å². The standard InChI is InChI=1S/C17H18Cl2N2/c18-15-6-7-16(19)14(10-15)12-21-9-8-20-11-17(21)13-4-2-1-3-5-13/h1-7,10,17,20H,8-9,11-12H2. The summed E-state index contributed by atoms with van der Waals surface area (Å²) >= 11 is 12.4. The molecule has 3 rings (SSSR count). The van der Waals surface area contributed by atoms with Crippen molar-refractivity contribution in [3.63, 3.8) is 0 Å². The van der Waals surface area contributed by atoms with Crippen molar-refractivity contribution in [1.29, 1.82) is 0 Å². The van der Waals surface area contributed by atoms with Crippen LogP contribution in [0.4, 0.5) is 0 Å². The molecule has 21 heavy (non-hydrogen) atoms. The molecule has 0 spiro atoms. The molecule has 0 radical (unpaired) electrons. The first-order valence-corrected chi connectivity index (χ1v) is 7.93. The van der Waals surface area contributed by atoms with Gasteiger partial charge in [-0.25, -0.2) is 0 Å². The lowest BCUT2D eigenvalue weighted by Gasteiger charge is -2.36. The van der Waals surface area contributed by atoms with Crippen molar-refractivity contribution < 1.29 is 0 Å². The second kappa shape index (κ2) is 6.80. The third-order valence-electron chi connectivity index (χ3n) is 3.92. The summed E-state index contributed by atoms with van der Waals surface area (Å²) in [7, 11) is 0. The molecule has 0 aliphatic carbocycles. The minimum Gasteiger partial charge on any atom is -0.314 e. The molecule has 0 bridgehead atoms. The van der Waals surface area contributed by atoms with Gasteiger partial charge in [-0.3, -0.25) is 4.90 Å². The molecular formula is C17H18Cl2N2. The highest BCUT2D eigenvalue weighted by molar-refractivity contribution is 6.33. The van der Waals surface area contributed by atoms with Gasteiger partial charge >= 0.3 is 0 Å². The van der Waals surface area contributed by atoms with Gasteiger partial charge in [-0.1, -0.05) is 53.5 Å². The molecule has 1 aliphatic heterocycles. The normalized spacial score (nSPS) is 19.6. The first-order valence-electron chi connectivity index (χ1n) is 7.17. The van der Waals surface area contributed by atoms with E-state index < -0.39 is 0 Å². The number of rotatable bonds is 3. The lowest BCUT2D eigenvalue weighted by molar-refractivity contribution is 0.154. The third-order valence-corrected chi connectivity index (χ3v) is 4.52. The highest BCUT2D eigenvalue weighted by Gasteiger charge is 2.24. The van der Waals surface area contributed by atoms with Crippen molar-refractivity contribution in [2.75, 3.05) is 19.6 Å². The summed E-state index contributed by atoms with van der Waals surface area (Å²) in [5, 5.41) is 4.99. The van der Waals surface area contributed by atoms with Crippen LogP contribution in [0.5, 0.6) is 0 Å². The molecular weight excluding hydrogens is 303 g/mol. The maximum atomic E-state index is 6.31. The lowest BCUT2D eigenvalue weighted by atomic mass is 10.0. The second-order valence-electron chi connectivity index (χ2n) is 5.34. The Kier molecular flexibility index (Phi) is 4.81. The van der Waals surface area contributed by atoms with Crippen LogP contribution >= 0.6 is 23.2 Å². The van der Waals surface area contributed by atoms with Crippen molar-refractivity contribution in [3.05, 3.63) is 69.7 Å². The van der Waals surface area contributed by atoms with E-state index in [1.807, 2.05) is 18.2 Å². The molecule has 2 aromatic rings. The molecule has 110 valence electrons. The average Bonchev–Trinajstić information content (AvgIpc) is 2.52. The molecule has 4 heteroatoms. The molecule has 1 aliphatic rings. The predicted molar refractivity (Wildman–Crippen MR) is 88.9 cm³/mol. The first kappa shape index (κ1) is 14.9. The van der Waals surface area contributed by atoms with E-state index in [0.29, 0.717) is 6.04 Å². The summed E-state index contributed by atoms with van der Waals surface area (Å²) in [6, 6.07) is 16.7. The fourth-order valence-corrected chi connectivity index (χ4v) is 3.19. The van der Waals surface area contributed by atoms with Gasteiger partial charge in [0, 0.05) is 42.3 Å². The van der Waals surface area contributed by atoms with Crippen LogP contribution in [0.25, 0.3) is 0 Å². The van der Waals surface area contributed by atoms with Crippen LogP contribution in [0, 0.1) is 0 Å². The molecule has 1 atom stereocenters. The van der Waals surface area contributed by atoms with Crippen LogP contribution in [0.1, 0.15) is 17.2 Å². The van der Waals surface area contributed by atoms with Crippen LogP contribution in [0.2, 0.25) is 10.0 Å². The Morgan fingerprint density at radius 1 is 1.10 bits per heavy atom. The molecule has 1 N–H and O–H groups in total.